The Morgan fingerprint density at radius 3 is 2.55 bits per heavy atom. The molecule has 0 bridgehead atoms. The molecule has 0 aromatic heterocycles. The monoisotopic (exact) mass is 320 g/mol. The Morgan fingerprint density at radius 1 is 1.45 bits per heavy atom. The second-order valence-electron chi connectivity index (χ2n) is 4.25. The highest BCUT2D eigenvalue weighted by Crippen LogP contribution is 2.29. The van der Waals surface area contributed by atoms with Gasteiger partial charge in [-0.2, -0.15) is 0 Å². The number of nitrogens with two attached hydrogens (primary N) is 1. The molecule has 1 aromatic carbocycles. The lowest BCUT2D eigenvalue weighted by Crippen LogP contribution is -2.34. The van der Waals surface area contributed by atoms with E-state index in [9.17, 15) is 9.90 Å². The van der Waals surface area contributed by atoms with Gasteiger partial charge in [0, 0.05) is 35.8 Å². The average molecular weight is 321 g/mol. The number of methoxy groups -OCH3 is 1. The van der Waals surface area contributed by atoms with E-state index in [1.807, 2.05) is 0 Å². The third kappa shape index (κ3) is 4.92. The van der Waals surface area contributed by atoms with Crippen molar-refractivity contribution >= 4 is 29.1 Å². The van der Waals surface area contributed by atoms with Gasteiger partial charge in [-0.15, -0.1) is 0 Å². The summed E-state index contributed by atoms with van der Waals surface area (Å²) in [6.07, 6.45) is -1.18. The quantitative estimate of drug-likeness (QED) is 0.711. The number of aliphatic hydroxyl groups is 1. The zero-order chi connectivity index (χ0) is 15.1. The molecule has 2 unspecified atom stereocenters. The number of hydrogen-bond acceptors (Lipinski definition) is 4. The van der Waals surface area contributed by atoms with Gasteiger partial charge in [0.15, 0.2) is 0 Å². The maximum atomic E-state index is 11.7. The van der Waals surface area contributed by atoms with Gasteiger partial charge in [0.2, 0.25) is 5.91 Å². The fourth-order valence-electron chi connectivity index (χ4n) is 1.68. The van der Waals surface area contributed by atoms with Crippen LogP contribution in [0.5, 0.6) is 0 Å². The standard InChI is InChI=1S/C13H18Cl2N2O3/c1-20-8(6-16)5-12(19)17-7-11(18)13-9(14)3-2-4-10(13)15/h2-4,8,11,18H,5-7,16H2,1H3,(H,17,19). The van der Waals surface area contributed by atoms with Crippen LogP contribution in [0.1, 0.15) is 18.1 Å². The number of benzene rings is 1. The molecule has 0 saturated heterocycles. The van der Waals surface area contributed by atoms with Crippen LogP contribution in [0.4, 0.5) is 0 Å². The van der Waals surface area contributed by atoms with Crippen LogP contribution < -0.4 is 11.1 Å². The van der Waals surface area contributed by atoms with Gasteiger partial charge in [-0.3, -0.25) is 4.79 Å². The molecule has 112 valence electrons. The van der Waals surface area contributed by atoms with Crippen LogP contribution >= 0.6 is 23.2 Å². The Balaban J connectivity index is 2.55. The van der Waals surface area contributed by atoms with E-state index < -0.39 is 6.10 Å². The number of carbonyl (C=O) groups excluding carboxylic acids is 1. The van der Waals surface area contributed by atoms with Crippen molar-refractivity contribution in [3.63, 3.8) is 0 Å². The number of aliphatic hydroxyl groups excluding tert-OH is 1. The third-order valence-electron chi connectivity index (χ3n) is 2.83. The van der Waals surface area contributed by atoms with Gasteiger partial charge in [0.05, 0.1) is 18.6 Å². The molecule has 1 aromatic rings. The first-order valence-electron chi connectivity index (χ1n) is 6.11. The molecule has 0 fully saturated rings. The number of ether oxygens (including phenoxy) is 1. The summed E-state index contributed by atoms with van der Waals surface area (Å²) in [5, 5.41) is 13.3. The van der Waals surface area contributed by atoms with Crippen LogP contribution in [0.3, 0.4) is 0 Å². The minimum absolute atomic E-state index is 0.0172. The molecular weight excluding hydrogens is 303 g/mol. The molecule has 0 aliphatic rings. The second kappa shape index (κ2) is 8.44. The normalized spacial score (nSPS) is 13.8. The van der Waals surface area contributed by atoms with Crippen molar-refractivity contribution < 1.29 is 14.6 Å². The van der Waals surface area contributed by atoms with Crippen LogP contribution in [-0.4, -0.2) is 37.3 Å². The molecule has 0 spiro atoms. The van der Waals surface area contributed by atoms with Crippen molar-refractivity contribution in [1.29, 1.82) is 0 Å². The first-order chi connectivity index (χ1) is 9.49. The summed E-state index contributed by atoms with van der Waals surface area (Å²) in [4.78, 5) is 11.7. The number of carbonyl (C=O) groups is 1. The van der Waals surface area contributed by atoms with Crippen molar-refractivity contribution in [2.45, 2.75) is 18.6 Å². The average Bonchev–Trinajstić information content (AvgIpc) is 2.42. The highest BCUT2D eigenvalue weighted by Gasteiger charge is 2.17. The van der Waals surface area contributed by atoms with Crippen LogP contribution in [0, 0.1) is 0 Å². The largest absolute Gasteiger partial charge is 0.386 e. The highest BCUT2D eigenvalue weighted by atomic mass is 35.5. The zero-order valence-corrected chi connectivity index (χ0v) is 12.6. The number of nitrogens with one attached hydrogen (secondary N) is 1. The Morgan fingerprint density at radius 2 is 2.05 bits per heavy atom. The van der Waals surface area contributed by atoms with E-state index in [0.29, 0.717) is 15.6 Å². The summed E-state index contributed by atoms with van der Waals surface area (Å²) in [6, 6.07) is 4.94. The molecule has 0 aliphatic heterocycles. The van der Waals surface area contributed by atoms with Gasteiger partial charge in [-0.05, 0) is 12.1 Å². The summed E-state index contributed by atoms with van der Waals surface area (Å²) >= 11 is 12.0. The van der Waals surface area contributed by atoms with Gasteiger partial charge < -0.3 is 20.9 Å². The minimum atomic E-state index is -0.973. The molecule has 0 aliphatic carbocycles. The van der Waals surface area contributed by atoms with Gasteiger partial charge in [0.1, 0.15) is 0 Å². The molecule has 0 radical (unpaired) electrons. The molecule has 2 atom stereocenters. The minimum Gasteiger partial charge on any atom is -0.386 e. The van der Waals surface area contributed by atoms with Crippen molar-refractivity contribution in [2.24, 2.45) is 5.73 Å². The van der Waals surface area contributed by atoms with Crippen molar-refractivity contribution in [1.82, 2.24) is 5.32 Å². The van der Waals surface area contributed by atoms with E-state index in [1.54, 1.807) is 18.2 Å². The number of rotatable bonds is 7. The van der Waals surface area contributed by atoms with Crippen LogP contribution in [-0.2, 0) is 9.53 Å². The Bertz CT molecular complexity index is 433. The van der Waals surface area contributed by atoms with Crippen LogP contribution in [0.2, 0.25) is 10.0 Å². The zero-order valence-electron chi connectivity index (χ0n) is 11.1. The van der Waals surface area contributed by atoms with Gasteiger partial charge in [-0.25, -0.2) is 0 Å². The molecule has 0 saturated carbocycles. The SMILES string of the molecule is COC(CN)CC(=O)NCC(O)c1c(Cl)cccc1Cl. The lowest BCUT2D eigenvalue weighted by molar-refractivity contribution is -0.123. The fraction of sp³-hybridized carbons (Fsp3) is 0.462. The van der Waals surface area contributed by atoms with Gasteiger partial charge in [-0.1, -0.05) is 29.3 Å². The second-order valence-corrected chi connectivity index (χ2v) is 5.07. The van der Waals surface area contributed by atoms with E-state index in [2.05, 4.69) is 5.32 Å². The summed E-state index contributed by atoms with van der Waals surface area (Å²) < 4.78 is 5.01. The van der Waals surface area contributed by atoms with Gasteiger partial charge in [0.25, 0.3) is 0 Å². The summed E-state index contributed by atoms with van der Waals surface area (Å²) in [5.74, 6) is -0.260. The third-order valence-corrected chi connectivity index (χ3v) is 3.49. The molecule has 1 rings (SSSR count). The summed E-state index contributed by atoms with van der Waals surface area (Å²) in [5.41, 5.74) is 5.83. The van der Waals surface area contributed by atoms with E-state index in [1.165, 1.54) is 7.11 Å². The van der Waals surface area contributed by atoms with Crippen LogP contribution in [0.15, 0.2) is 18.2 Å². The molecule has 1 amide bonds. The smallest absolute Gasteiger partial charge is 0.222 e. The Hall–Kier alpha value is -0.850. The lowest BCUT2D eigenvalue weighted by Gasteiger charge is -2.17. The molecule has 0 heterocycles. The lowest BCUT2D eigenvalue weighted by atomic mass is 10.1. The van der Waals surface area contributed by atoms with E-state index >= 15 is 0 Å². The topological polar surface area (TPSA) is 84.6 Å². The van der Waals surface area contributed by atoms with E-state index in [-0.39, 0.29) is 31.5 Å². The number of halogens is 2. The molecule has 7 heteroatoms. The predicted octanol–water partition coefficient (Wildman–Crippen LogP) is 1.51. The van der Waals surface area contributed by atoms with E-state index in [4.69, 9.17) is 33.7 Å². The Kier molecular flexibility index (Phi) is 7.26. The number of amides is 1. The predicted molar refractivity (Wildman–Crippen MR) is 78.9 cm³/mol. The fourth-order valence-corrected chi connectivity index (χ4v) is 2.33. The van der Waals surface area contributed by atoms with Gasteiger partial charge >= 0.3 is 0 Å². The first kappa shape index (κ1) is 17.2. The molecule has 5 nitrogen and oxygen atoms in total. The maximum absolute atomic E-state index is 11.7. The molecule has 4 N–H and O–H groups in total. The maximum Gasteiger partial charge on any atom is 0.222 e. The molecular formula is C13H18Cl2N2O3. The summed E-state index contributed by atoms with van der Waals surface area (Å²) in [7, 11) is 1.49. The highest BCUT2D eigenvalue weighted by molar-refractivity contribution is 6.36. The summed E-state index contributed by atoms with van der Waals surface area (Å²) in [6.45, 7) is 0.270. The molecule has 20 heavy (non-hydrogen) atoms. The van der Waals surface area contributed by atoms with Crippen molar-refractivity contribution in [2.75, 3.05) is 20.2 Å². The number of hydrogen-bond donors (Lipinski definition) is 3. The van der Waals surface area contributed by atoms with Crippen molar-refractivity contribution in [3.8, 4) is 0 Å². The Labute approximate surface area is 128 Å². The van der Waals surface area contributed by atoms with E-state index in [0.717, 1.165) is 0 Å². The van der Waals surface area contributed by atoms with Crippen LogP contribution in [0.25, 0.3) is 0 Å². The first-order valence-corrected chi connectivity index (χ1v) is 6.86. The van der Waals surface area contributed by atoms with Crippen molar-refractivity contribution in [3.05, 3.63) is 33.8 Å².